The number of rotatable bonds is 6. The van der Waals surface area contributed by atoms with E-state index in [0.717, 1.165) is 9.91 Å². The molecule has 3 atom stereocenters. The molecule has 0 bridgehead atoms. The second-order valence-electron chi connectivity index (χ2n) is 5.02. The van der Waals surface area contributed by atoms with Gasteiger partial charge in [0, 0.05) is 11.3 Å². The lowest BCUT2D eigenvalue weighted by atomic mass is 10.0. The number of aliphatic carboxylic acids is 1. The summed E-state index contributed by atoms with van der Waals surface area (Å²) in [4.78, 5) is 35.3. The van der Waals surface area contributed by atoms with E-state index in [9.17, 15) is 24.0 Å². The molecule has 1 fully saturated rings. The van der Waals surface area contributed by atoms with Gasteiger partial charge in [0.2, 0.25) is 11.8 Å². The summed E-state index contributed by atoms with van der Waals surface area (Å²) in [7, 11) is 0. The molecule has 3 heterocycles. The average Bonchev–Trinajstić information content (AvgIpc) is 2.95. The van der Waals surface area contributed by atoms with E-state index in [1.165, 1.54) is 23.1 Å². The Morgan fingerprint density at radius 3 is 2.96 bits per heavy atom. The Balaban J connectivity index is 1.84. The number of thioether (sulfide) groups is 1. The minimum Gasteiger partial charge on any atom is -0.614 e. The third kappa shape index (κ3) is 2.90. The van der Waals surface area contributed by atoms with Crippen molar-refractivity contribution in [3.63, 3.8) is 0 Å². The van der Waals surface area contributed by atoms with Crippen molar-refractivity contribution >= 4 is 52.6 Å². The zero-order valence-electron chi connectivity index (χ0n) is 12.3. The van der Waals surface area contributed by atoms with Crippen LogP contribution in [0, 0.1) is 6.92 Å². The van der Waals surface area contributed by atoms with E-state index in [0.29, 0.717) is 16.3 Å². The van der Waals surface area contributed by atoms with Crippen molar-refractivity contribution in [3.05, 3.63) is 16.3 Å². The molecule has 2 unspecified atom stereocenters. The fourth-order valence-corrected chi connectivity index (χ4v) is 6.19. The number of hydrogen-bond acceptors (Lipinski definition) is 8. The molecule has 0 radical (unpaired) electrons. The molecule has 2 aliphatic heterocycles. The number of carboxylic acid groups (broad SMARTS) is 1. The summed E-state index contributed by atoms with van der Waals surface area (Å²) in [5.74, 6) is -1.52. The van der Waals surface area contributed by atoms with E-state index < -0.39 is 34.5 Å². The van der Waals surface area contributed by atoms with Crippen molar-refractivity contribution in [1.29, 1.82) is 0 Å². The van der Waals surface area contributed by atoms with Gasteiger partial charge in [0.1, 0.15) is 16.5 Å². The van der Waals surface area contributed by atoms with Crippen LogP contribution >= 0.6 is 23.1 Å². The fraction of sp³-hybridized carbons (Fsp3) is 0.417. The van der Waals surface area contributed by atoms with Gasteiger partial charge < -0.3 is 15.0 Å². The number of fused-ring (bicyclic) bond motifs is 1. The van der Waals surface area contributed by atoms with Crippen molar-refractivity contribution in [1.82, 2.24) is 20.4 Å². The number of β-lactam (4-membered cyclic amide) rings is 1. The number of nitrogens with one attached hydrogen (secondary N) is 1. The van der Waals surface area contributed by atoms with Crippen LogP contribution in [0.25, 0.3) is 0 Å². The molecule has 0 spiro atoms. The Bertz CT molecular complexity index is 736. The first kappa shape index (κ1) is 17.2. The summed E-state index contributed by atoms with van der Waals surface area (Å²) in [6, 6.07) is -0.933. The molecule has 3 rings (SSSR count). The molecule has 2 amide bonds. The monoisotopic (exact) mass is 388 g/mol. The molecule has 9 nitrogen and oxygen atoms in total. The van der Waals surface area contributed by atoms with E-state index in [2.05, 4.69) is 15.5 Å². The van der Waals surface area contributed by atoms with Crippen LogP contribution in [0.3, 0.4) is 0 Å². The number of amides is 2. The highest BCUT2D eigenvalue weighted by molar-refractivity contribution is 8.01. The molecule has 24 heavy (non-hydrogen) atoms. The van der Waals surface area contributed by atoms with Crippen molar-refractivity contribution in [2.24, 2.45) is 0 Å². The van der Waals surface area contributed by atoms with Gasteiger partial charge in [0.25, 0.3) is 5.91 Å². The van der Waals surface area contributed by atoms with Crippen LogP contribution in [0.4, 0.5) is 0 Å². The van der Waals surface area contributed by atoms with Crippen LogP contribution in [0.2, 0.25) is 0 Å². The number of carbonyl (C=O) groups is 3. The van der Waals surface area contributed by atoms with E-state index in [-0.39, 0.29) is 17.2 Å². The van der Waals surface area contributed by atoms with E-state index >= 15 is 0 Å². The first-order chi connectivity index (χ1) is 11.4. The summed E-state index contributed by atoms with van der Waals surface area (Å²) in [6.45, 7) is 1.81. The summed E-state index contributed by atoms with van der Waals surface area (Å²) in [6.07, 6.45) is 0.352. The molecule has 12 heteroatoms. The van der Waals surface area contributed by atoms with Gasteiger partial charge in [0.05, 0.1) is 0 Å². The molecular weight excluding hydrogens is 376 g/mol. The van der Waals surface area contributed by atoms with Gasteiger partial charge in [-0.2, -0.15) is 0 Å². The van der Waals surface area contributed by atoms with Gasteiger partial charge in [-0.15, -0.1) is 10.2 Å². The highest BCUT2D eigenvalue weighted by Gasteiger charge is 2.60. The molecule has 0 saturated carbocycles. The number of nitrogens with zero attached hydrogens (tertiary/aromatic N) is 3. The SMILES string of the molecule is Cc1nnc(SCC2=C(C(=O)O)N3C(=O)C(NC=O)[C@@H]3[S+]([O-])C2)s1. The fourth-order valence-electron chi connectivity index (χ4n) is 2.54. The summed E-state index contributed by atoms with van der Waals surface area (Å²) < 4.78 is 13.1. The molecule has 2 aliphatic rings. The van der Waals surface area contributed by atoms with Gasteiger partial charge in [-0.25, -0.2) is 4.79 Å². The molecule has 128 valence electrons. The van der Waals surface area contributed by atoms with Crippen molar-refractivity contribution in [3.8, 4) is 0 Å². The Morgan fingerprint density at radius 2 is 2.38 bits per heavy atom. The predicted octanol–water partition coefficient (Wildman–Crippen LogP) is -0.677. The highest BCUT2D eigenvalue weighted by Crippen LogP contribution is 2.38. The highest BCUT2D eigenvalue weighted by atomic mass is 32.2. The lowest BCUT2D eigenvalue weighted by Gasteiger charge is -2.48. The quantitative estimate of drug-likeness (QED) is 0.283. The minimum atomic E-state index is -1.48. The number of aryl methyl sites for hydroxylation is 1. The van der Waals surface area contributed by atoms with Gasteiger partial charge in [-0.1, -0.05) is 23.1 Å². The molecule has 2 N–H and O–H groups in total. The Morgan fingerprint density at radius 1 is 1.62 bits per heavy atom. The predicted molar refractivity (Wildman–Crippen MR) is 86.7 cm³/mol. The van der Waals surface area contributed by atoms with Gasteiger partial charge in [-0.05, 0) is 18.1 Å². The van der Waals surface area contributed by atoms with Crippen LogP contribution in [-0.4, -0.2) is 66.0 Å². The number of hydrogen-bond donors (Lipinski definition) is 2. The maximum absolute atomic E-state index is 12.4. The zero-order chi connectivity index (χ0) is 17.4. The van der Waals surface area contributed by atoms with Gasteiger partial charge >= 0.3 is 5.97 Å². The summed E-state index contributed by atoms with van der Waals surface area (Å²) in [5.41, 5.74) is 0.259. The molecular formula is C12H12N4O5S3. The molecule has 1 aromatic rings. The number of aromatic nitrogens is 2. The van der Waals surface area contributed by atoms with Crippen LogP contribution in [-0.2, 0) is 25.6 Å². The Kier molecular flexibility index (Phi) is 4.80. The van der Waals surface area contributed by atoms with E-state index in [1.807, 2.05) is 6.92 Å². The maximum atomic E-state index is 12.4. The number of carboxylic acids is 1. The van der Waals surface area contributed by atoms with E-state index in [1.54, 1.807) is 0 Å². The molecule has 1 saturated heterocycles. The normalized spacial score (nSPS) is 26.0. The third-order valence-corrected chi connectivity index (χ3v) is 7.25. The van der Waals surface area contributed by atoms with E-state index in [4.69, 9.17) is 0 Å². The van der Waals surface area contributed by atoms with Crippen LogP contribution in [0.1, 0.15) is 5.01 Å². The minimum absolute atomic E-state index is 0.0396. The van der Waals surface area contributed by atoms with Crippen molar-refractivity contribution < 1.29 is 24.0 Å². The zero-order valence-corrected chi connectivity index (χ0v) is 14.7. The first-order valence-electron chi connectivity index (χ1n) is 6.72. The van der Waals surface area contributed by atoms with Gasteiger partial charge in [0.15, 0.2) is 10.4 Å². The lowest BCUT2D eigenvalue weighted by molar-refractivity contribution is -0.150. The average molecular weight is 388 g/mol. The smallest absolute Gasteiger partial charge is 0.352 e. The standard InChI is InChI=1S/C12H12N4O5S3/c1-5-14-15-12(23-5)22-2-6-3-24(21)10-7(13-4-17)9(18)16(10)8(6)11(19)20/h4,7,10H,2-3H2,1H3,(H,13,17)(H,19,20)/t7?,10-,24?/m0/s1. The van der Waals surface area contributed by atoms with Crippen LogP contribution in [0.5, 0.6) is 0 Å². The Hall–Kier alpha value is -1.63. The lowest BCUT2D eigenvalue weighted by Crippen LogP contribution is -2.74. The molecule has 0 aliphatic carbocycles. The summed E-state index contributed by atoms with van der Waals surface area (Å²) in [5, 5.41) is 19.6. The summed E-state index contributed by atoms with van der Waals surface area (Å²) >= 11 is 1.18. The Labute approximate surface area is 147 Å². The number of carbonyl (C=O) groups excluding carboxylic acids is 2. The topological polar surface area (TPSA) is 136 Å². The third-order valence-electron chi connectivity index (χ3n) is 3.53. The maximum Gasteiger partial charge on any atom is 0.352 e. The second kappa shape index (κ2) is 6.70. The van der Waals surface area contributed by atoms with Crippen molar-refractivity contribution in [2.75, 3.05) is 11.5 Å². The van der Waals surface area contributed by atoms with Gasteiger partial charge in [-0.3, -0.25) is 14.5 Å². The second-order valence-corrected chi connectivity index (χ2v) is 8.96. The first-order valence-corrected chi connectivity index (χ1v) is 9.90. The molecule has 1 aromatic heterocycles. The van der Waals surface area contributed by atoms with Crippen LogP contribution in [0.15, 0.2) is 15.6 Å². The largest absolute Gasteiger partial charge is 0.614 e. The molecule has 0 aromatic carbocycles. The van der Waals surface area contributed by atoms with Crippen LogP contribution < -0.4 is 5.32 Å². The van der Waals surface area contributed by atoms with Crippen molar-refractivity contribution in [2.45, 2.75) is 22.7 Å².